The molecule has 0 spiro atoms. The van der Waals surface area contributed by atoms with E-state index in [0.29, 0.717) is 23.7 Å². The van der Waals surface area contributed by atoms with E-state index in [1.807, 2.05) is 12.1 Å². The summed E-state index contributed by atoms with van der Waals surface area (Å²) in [5.74, 6) is 5.70. The van der Waals surface area contributed by atoms with Gasteiger partial charge in [-0.2, -0.15) is 5.26 Å². The summed E-state index contributed by atoms with van der Waals surface area (Å²) in [7, 11) is 0. The van der Waals surface area contributed by atoms with Gasteiger partial charge in [0.25, 0.3) is 0 Å². The van der Waals surface area contributed by atoms with Crippen molar-refractivity contribution in [2.45, 2.75) is 13.5 Å². The van der Waals surface area contributed by atoms with Crippen LogP contribution in [0.15, 0.2) is 18.2 Å². The quantitative estimate of drug-likeness (QED) is 0.625. The molecule has 1 N–H and O–H groups in total. The van der Waals surface area contributed by atoms with Crippen molar-refractivity contribution in [3.63, 3.8) is 0 Å². The first kappa shape index (κ1) is 11.6. The molecule has 1 aromatic rings. The van der Waals surface area contributed by atoms with Gasteiger partial charge in [-0.05, 0) is 24.6 Å². The van der Waals surface area contributed by atoms with Gasteiger partial charge in [0, 0.05) is 11.6 Å². The Labute approximate surface area is 94.9 Å². The summed E-state index contributed by atoms with van der Waals surface area (Å²) in [5.41, 5.74) is 1.56. The van der Waals surface area contributed by atoms with Crippen LogP contribution in [-0.4, -0.2) is 6.54 Å². The van der Waals surface area contributed by atoms with E-state index in [-0.39, 0.29) is 0 Å². The molecule has 0 fully saturated rings. The zero-order valence-electron chi connectivity index (χ0n) is 8.47. The van der Waals surface area contributed by atoms with Crippen molar-refractivity contribution in [1.29, 1.82) is 5.26 Å². The molecule has 0 bridgehead atoms. The molecule has 76 valence electrons. The largest absolute Gasteiger partial charge is 0.302 e. The van der Waals surface area contributed by atoms with Crippen LogP contribution in [0.4, 0.5) is 0 Å². The lowest BCUT2D eigenvalue weighted by Gasteiger charge is -2.04. The van der Waals surface area contributed by atoms with Crippen molar-refractivity contribution >= 4 is 11.6 Å². The number of hydrogen-bond acceptors (Lipinski definition) is 2. The fourth-order valence-electron chi connectivity index (χ4n) is 1.11. The van der Waals surface area contributed by atoms with Crippen LogP contribution in [0.5, 0.6) is 0 Å². The van der Waals surface area contributed by atoms with Gasteiger partial charge in [0.05, 0.1) is 18.2 Å². The molecule has 0 aromatic heterocycles. The summed E-state index contributed by atoms with van der Waals surface area (Å²) in [4.78, 5) is 0. The van der Waals surface area contributed by atoms with E-state index < -0.39 is 0 Å². The minimum absolute atomic E-state index is 0.581. The third-order valence-corrected chi connectivity index (χ3v) is 2.24. The molecule has 0 unspecified atom stereocenters. The van der Waals surface area contributed by atoms with Crippen molar-refractivity contribution in [2.24, 2.45) is 0 Å². The molecule has 0 heterocycles. The summed E-state index contributed by atoms with van der Waals surface area (Å²) >= 11 is 5.99. The Kier molecular flexibility index (Phi) is 4.71. The molecule has 15 heavy (non-hydrogen) atoms. The summed E-state index contributed by atoms with van der Waals surface area (Å²) < 4.78 is 0. The topological polar surface area (TPSA) is 35.8 Å². The fourth-order valence-corrected chi connectivity index (χ4v) is 1.36. The molecule has 1 aromatic carbocycles. The Bertz CT molecular complexity index is 435. The highest BCUT2D eigenvalue weighted by atomic mass is 35.5. The van der Waals surface area contributed by atoms with Gasteiger partial charge in [-0.1, -0.05) is 23.6 Å². The first-order chi connectivity index (χ1) is 7.27. The number of nitrogens with one attached hydrogen (secondary N) is 1. The monoisotopic (exact) mass is 218 g/mol. The van der Waals surface area contributed by atoms with Gasteiger partial charge in [-0.15, -0.1) is 5.92 Å². The molecule has 0 radical (unpaired) electrons. The average molecular weight is 219 g/mol. The SMILES string of the molecule is CC#CCNCc1ccc(C#N)cc1Cl. The summed E-state index contributed by atoms with van der Waals surface area (Å²) in [5, 5.41) is 12.4. The Morgan fingerprint density at radius 3 is 2.87 bits per heavy atom. The van der Waals surface area contributed by atoms with E-state index in [9.17, 15) is 0 Å². The van der Waals surface area contributed by atoms with E-state index in [0.717, 1.165) is 5.56 Å². The van der Waals surface area contributed by atoms with Crippen LogP contribution in [0, 0.1) is 23.2 Å². The molecule has 3 heteroatoms. The molecule has 0 saturated heterocycles. The van der Waals surface area contributed by atoms with E-state index in [1.54, 1.807) is 19.1 Å². The minimum Gasteiger partial charge on any atom is -0.302 e. The minimum atomic E-state index is 0.581. The number of nitriles is 1. The highest BCUT2D eigenvalue weighted by molar-refractivity contribution is 6.31. The molecule has 0 aliphatic carbocycles. The van der Waals surface area contributed by atoms with Crippen molar-refractivity contribution in [2.75, 3.05) is 6.54 Å². The van der Waals surface area contributed by atoms with Gasteiger partial charge < -0.3 is 5.32 Å². The standard InChI is InChI=1S/C12H11ClN2/c1-2-3-6-15-9-11-5-4-10(8-14)7-12(11)13/h4-5,7,15H,6,9H2,1H3. The first-order valence-electron chi connectivity index (χ1n) is 4.56. The maximum Gasteiger partial charge on any atom is 0.0992 e. The number of hydrogen-bond donors (Lipinski definition) is 1. The highest BCUT2D eigenvalue weighted by Gasteiger charge is 2.00. The van der Waals surface area contributed by atoms with Crippen LogP contribution in [0.25, 0.3) is 0 Å². The van der Waals surface area contributed by atoms with Gasteiger partial charge in [-0.25, -0.2) is 0 Å². The zero-order chi connectivity index (χ0) is 11.1. The van der Waals surface area contributed by atoms with Gasteiger partial charge >= 0.3 is 0 Å². The fraction of sp³-hybridized carbons (Fsp3) is 0.250. The van der Waals surface area contributed by atoms with E-state index in [1.165, 1.54) is 0 Å². The molecule has 0 atom stereocenters. The Morgan fingerprint density at radius 1 is 1.47 bits per heavy atom. The lowest BCUT2D eigenvalue weighted by molar-refractivity contribution is 0.770. The van der Waals surface area contributed by atoms with Gasteiger partial charge in [-0.3, -0.25) is 0 Å². The molecule has 0 amide bonds. The van der Waals surface area contributed by atoms with Gasteiger partial charge in [0.15, 0.2) is 0 Å². The van der Waals surface area contributed by atoms with Crippen LogP contribution in [0.2, 0.25) is 5.02 Å². The van der Waals surface area contributed by atoms with Gasteiger partial charge in [0.1, 0.15) is 0 Å². The van der Waals surface area contributed by atoms with Crippen LogP contribution >= 0.6 is 11.6 Å². The Balaban J connectivity index is 2.61. The highest BCUT2D eigenvalue weighted by Crippen LogP contribution is 2.17. The van der Waals surface area contributed by atoms with Crippen molar-refractivity contribution in [3.05, 3.63) is 34.3 Å². The van der Waals surface area contributed by atoms with E-state index >= 15 is 0 Å². The van der Waals surface area contributed by atoms with Crippen molar-refractivity contribution in [1.82, 2.24) is 5.32 Å². The predicted octanol–water partition coefficient (Wildman–Crippen LogP) is 2.32. The number of rotatable bonds is 3. The Morgan fingerprint density at radius 2 is 2.27 bits per heavy atom. The molecule has 1 rings (SSSR count). The van der Waals surface area contributed by atoms with Crippen molar-refractivity contribution < 1.29 is 0 Å². The maximum atomic E-state index is 8.66. The van der Waals surface area contributed by atoms with Crippen molar-refractivity contribution in [3.8, 4) is 17.9 Å². The third kappa shape index (κ3) is 3.64. The molecular formula is C12H11ClN2. The molecule has 0 aliphatic rings. The second-order valence-corrected chi connectivity index (χ2v) is 3.36. The van der Waals surface area contributed by atoms with Crippen LogP contribution < -0.4 is 5.32 Å². The first-order valence-corrected chi connectivity index (χ1v) is 4.94. The normalized spacial score (nSPS) is 8.87. The van der Waals surface area contributed by atoms with Crippen LogP contribution in [0.3, 0.4) is 0 Å². The number of halogens is 1. The molecule has 2 nitrogen and oxygen atoms in total. The molecular weight excluding hydrogens is 208 g/mol. The summed E-state index contributed by atoms with van der Waals surface area (Å²) in [6.07, 6.45) is 0. The second kappa shape index (κ2) is 6.09. The average Bonchev–Trinajstić information content (AvgIpc) is 2.26. The smallest absolute Gasteiger partial charge is 0.0992 e. The van der Waals surface area contributed by atoms with Crippen LogP contribution in [0.1, 0.15) is 18.1 Å². The van der Waals surface area contributed by atoms with Crippen LogP contribution in [-0.2, 0) is 6.54 Å². The second-order valence-electron chi connectivity index (χ2n) is 2.95. The van der Waals surface area contributed by atoms with E-state index in [4.69, 9.17) is 16.9 Å². The Hall–Kier alpha value is -1.48. The number of nitrogens with zero attached hydrogens (tertiary/aromatic N) is 1. The van der Waals surface area contributed by atoms with E-state index in [2.05, 4.69) is 17.2 Å². The maximum absolute atomic E-state index is 8.66. The molecule has 0 aliphatic heterocycles. The predicted molar refractivity (Wildman–Crippen MR) is 61.3 cm³/mol. The molecule has 0 saturated carbocycles. The third-order valence-electron chi connectivity index (χ3n) is 1.89. The summed E-state index contributed by atoms with van der Waals surface area (Å²) in [6, 6.07) is 7.33. The number of benzene rings is 1. The van der Waals surface area contributed by atoms with Gasteiger partial charge in [0.2, 0.25) is 0 Å². The summed E-state index contributed by atoms with van der Waals surface area (Å²) in [6.45, 7) is 3.11. The zero-order valence-corrected chi connectivity index (χ0v) is 9.23. The lowest BCUT2D eigenvalue weighted by Crippen LogP contribution is -2.13. The lowest BCUT2D eigenvalue weighted by atomic mass is 10.1.